The van der Waals surface area contributed by atoms with Crippen LogP contribution in [0.4, 0.5) is 0 Å². The fraction of sp³-hybridized carbons (Fsp3) is 0.792. The van der Waals surface area contributed by atoms with Crippen molar-refractivity contribution in [1.29, 1.82) is 0 Å². The average molecular weight is 1890 g/mol. The quantitative estimate of drug-likeness (QED) is 0.0352. The van der Waals surface area contributed by atoms with Crippen molar-refractivity contribution in [1.82, 2.24) is 8.75 Å². The third-order valence-corrected chi connectivity index (χ3v) is 33.1. The molecule has 0 saturated heterocycles. The van der Waals surface area contributed by atoms with Crippen molar-refractivity contribution in [3.05, 3.63) is 22.9 Å². The van der Waals surface area contributed by atoms with Crippen molar-refractivity contribution in [3.8, 4) is 86.4 Å². The van der Waals surface area contributed by atoms with E-state index in [0.29, 0.717) is 252 Å². The van der Waals surface area contributed by atoms with Crippen LogP contribution in [0.3, 0.4) is 0 Å². The van der Waals surface area contributed by atoms with E-state index >= 15 is 0 Å². The number of fused-ring (bicyclic) bond motifs is 5. The number of ether oxygens (including phenoxy) is 16. The third-order valence-electron chi connectivity index (χ3n) is 28.0. The van der Waals surface area contributed by atoms with Gasteiger partial charge in [-0.2, -0.15) is 8.75 Å². The summed E-state index contributed by atoms with van der Waals surface area (Å²) in [5.41, 5.74) is 0.708. The molecule has 4 aliphatic heterocycles. The Kier molecular flexibility index (Phi) is 47.4. The molecule has 0 spiro atoms. The second kappa shape index (κ2) is 57.2. The molecule has 4 aliphatic rings. The maximum absolute atomic E-state index is 7.59. The van der Waals surface area contributed by atoms with E-state index < -0.39 is 21.7 Å². The molecule has 10 rings (SSSR count). The van der Waals surface area contributed by atoms with Crippen molar-refractivity contribution in [2.45, 2.75) is 316 Å². The molecule has 0 radical (unpaired) electrons. The molecule has 9 heterocycles. The van der Waals surface area contributed by atoms with Crippen LogP contribution in [-0.2, 0) is 37.9 Å². The van der Waals surface area contributed by atoms with E-state index in [1.165, 1.54) is 88.8 Å². The highest BCUT2D eigenvalue weighted by molar-refractivity contribution is 7.25. The maximum Gasteiger partial charge on any atom is 0.181 e. The van der Waals surface area contributed by atoms with Crippen LogP contribution in [0.5, 0.6) is 46.0 Å². The minimum absolute atomic E-state index is 0.298. The molecular weight excluding hydrogens is 1720 g/mol. The van der Waals surface area contributed by atoms with Gasteiger partial charge in [-0.15, -0.1) is 45.3 Å². The van der Waals surface area contributed by atoms with Gasteiger partial charge in [-0.1, -0.05) is 277 Å². The number of benzene rings is 1. The van der Waals surface area contributed by atoms with E-state index in [-0.39, 0.29) is 0 Å². The molecule has 8 unspecified atom stereocenters. The first-order chi connectivity index (χ1) is 63.1. The fourth-order valence-electron chi connectivity index (χ4n) is 18.2. The molecule has 8 atom stereocenters. The van der Waals surface area contributed by atoms with Gasteiger partial charge < -0.3 is 75.8 Å². The Morgan fingerprint density at radius 1 is 0.264 bits per heavy atom. The number of hydrogen-bond acceptors (Lipinski definition) is 23. The summed E-state index contributed by atoms with van der Waals surface area (Å²) in [5, 5.41) is 4.22. The lowest BCUT2D eigenvalue weighted by molar-refractivity contribution is -0.0716. The summed E-state index contributed by atoms with van der Waals surface area (Å²) in [7, 11) is 0. The molecule has 0 N–H and O–H groups in total. The maximum atomic E-state index is 7.59. The van der Waals surface area contributed by atoms with E-state index in [2.05, 4.69) is 134 Å². The summed E-state index contributed by atoms with van der Waals surface area (Å²) >= 11 is 7.72. The molecular formula is C106H172N2O16S5. The summed E-state index contributed by atoms with van der Waals surface area (Å²) in [6, 6.07) is 4.42. The summed E-state index contributed by atoms with van der Waals surface area (Å²) in [5.74, 6) is 9.05. The Bertz CT molecular complexity index is 3720. The number of rotatable bonds is 68. The zero-order valence-corrected chi connectivity index (χ0v) is 87.1. The van der Waals surface area contributed by atoms with Gasteiger partial charge >= 0.3 is 0 Å². The van der Waals surface area contributed by atoms with E-state index in [0.717, 1.165) is 180 Å². The van der Waals surface area contributed by atoms with Crippen molar-refractivity contribution in [2.24, 2.45) is 69.0 Å². The highest BCUT2D eigenvalue weighted by atomic mass is 32.1. The monoisotopic (exact) mass is 1890 g/mol. The van der Waals surface area contributed by atoms with Gasteiger partial charge in [0.15, 0.2) is 46.0 Å². The smallest absolute Gasteiger partial charge is 0.181 e. The Morgan fingerprint density at radius 2 is 0.465 bits per heavy atom. The normalized spacial score (nSPS) is 20.6. The Morgan fingerprint density at radius 3 is 0.674 bits per heavy atom. The van der Waals surface area contributed by atoms with Crippen LogP contribution in [0.1, 0.15) is 316 Å². The van der Waals surface area contributed by atoms with Crippen molar-refractivity contribution < 1.29 is 75.8 Å². The lowest BCUT2D eigenvalue weighted by Crippen LogP contribution is -2.43. The fourth-order valence-corrected chi connectivity index (χ4v) is 23.3. The van der Waals surface area contributed by atoms with Gasteiger partial charge in [0.05, 0.1) is 116 Å². The minimum Gasteiger partial charge on any atom is -0.488 e. The number of thiophene rings is 4. The molecule has 0 aliphatic carbocycles. The second-order valence-electron chi connectivity index (χ2n) is 39.2. The van der Waals surface area contributed by atoms with Gasteiger partial charge in [0, 0.05) is 74.7 Å². The zero-order valence-electron chi connectivity index (χ0n) is 83.0. The Hall–Kier alpha value is -4.08. The lowest BCUT2D eigenvalue weighted by atomic mass is 9.91. The van der Waals surface area contributed by atoms with Crippen molar-refractivity contribution in [2.75, 3.05) is 159 Å². The molecule has 1 aromatic carbocycles. The van der Waals surface area contributed by atoms with Crippen LogP contribution in [0.15, 0.2) is 22.9 Å². The van der Waals surface area contributed by atoms with Gasteiger partial charge in [-0.25, -0.2) is 0 Å². The van der Waals surface area contributed by atoms with E-state index in [9.17, 15) is 0 Å². The van der Waals surface area contributed by atoms with Crippen LogP contribution in [-0.4, -0.2) is 167 Å². The molecule has 23 heteroatoms. The highest BCUT2D eigenvalue weighted by Crippen LogP contribution is 2.63. The average Bonchev–Trinajstić information content (AvgIpc) is 1.58. The van der Waals surface area contributed by atoms with E-state index in [1.807, 2.05) is 0 Å². The molecule has 732 valence electrons. The van der Waals surface area contributed by atoms with Crippen LogP contribution < -0.4 is 37.9 Å². The Balaban J connectivity index is 1.09. The Labute approximate surface area is 800 Å². The summed E-state index contributed by atoms with van der Waals surface area (Å²) in [6.07, 6.45) is 36.3. The first-order valence-corrected chi connectivity index (χ1v) is 55.7. The van der Waals surface area contributed by atoms with Crippen molar-refractivity contribution in [3.63, 3.8) is 0 Å². The molecule has 6 aromatic rings. The van der Waals surface area contributed by atoms with E-state index in [1.54, 1.807) is 45.3 Å². The van der Waals surface area contributed by atoms with E-state index in [4.69, 9.17) is 84.5 Å². The molecule has 0 bridgehead atoms. The molecule has 5 aromatic heterocycles. The first kappa shape index (κ1) is 107. The molecule has 18 nitrogen and oxygen atoms in total. The summed E-state index contributed by atoms with van der Waals surface area (Å²) in [4.78, 5) is 5.33. The minimum atomic E-state index is -0.668. The summed E-state index contributed by atoms with van der Waals surface area (Å²) < 4.78 is 125. The largest absolute Gasteiger partial charge is 0.488 e. The predicted molar refractivity (Wildman–Crippen MR) is 537 cm³/mol. The number of aromatic nitrogens is 2. The van der Waals surface area contributed by atoms with Gasteiger partial charge in [-0.3, -0.25) is 0 Å². The standard InChI is InChI=1S/C106H172N2O16S5/c1-17-33-41-77(25-9)51-109-61-103(62-110-52-78(26-10)42-34-18-2)69-117-87-59-125-99(91(87)119-71-103)101-95-93(121-73-105(75-123-95,65-113-55-81(29-13)45-37-21-5)66-114-56-82(30-14)46-38-22-6)97(127-101)85-49-50-86(90-89(85)107-129-108-90)98-94-96(124-76-106(74-122-94,67-115-57-83(31-15)47-39-23-7)68-116-58-84(32-16)48-40-24-8)102(128-98)100-92-88(60-126-100)118-70-104(72-120-92,63-111-53-79(27-11)43-35-19-3)64-112-54-80(28-12)44-36-20-4/h49-50,59-60,77-84H,17-48,51-58,61-76H2,1-16H3. The lowest BCUT2D eigenvalue weighted by Gasteiger charge is -2.32. The molecule has 0 amide bonds. The van der Waals surface area contributed by atoms with Crippen LogP contribution in [0, 0.1) is 69.0 Å². The topological polar surface area (TPSA) is 173 Å². The summed E-state index contributed by atoms with van der Waals surface area (Å²) in [6.45, 7) is 48.0. The van der Waals surface area contributed by atoms with Gasteiger partial charge in [0.25, 0.3) is 0 Å². The zero-order chi connectivity index (χ0) is 91.7. The predicted octanol–water partition coefficient (Wildman–Crippen LogP) is 29.5. The molecule has 0 saturated carbocycles. The van der Waals surface area contributed by atoms with Gasteiger partial charge in [-0.05, 0) is 98.7 Å². The first-order valence-electron chi connectivity index (χ1n) is 51.6. The van der Waals surface area contributed by atoms with Gasteiger partial charge in [0.2, 0.25) is 0 Å². The van der Waals surface area contributed by atoms with Crippen LogP contribution in [0.2, 0.25) is 0 Å². The third kappa shape index (κ3) is 30.7. The highest BCUT2D eigenvalue weighted by Gasteiger charge is 2.46. The molecule has 129 heavy (non-hydrogen) atoms. The van der Waals surface area contributed by atoms with Crippen molar-refractivity contribution >= 4 is 68.1 Å². The molecule has 0 fully saturated rings. The number of unbranched alkanes of at least 4 members (excludes halogenated alkanes) is 8. The second-order valence-corrected chi connectivity index (χ2v) is 43.6. The van der Waals surface area contributed by atoms with Crippen LogP contribution in [0.25, 0.3) is 51.4 Å². The van der Waals surface area contributed by atoms with Gasteiger partial charge in [0.1, 0.15) is 63.9 Å². The number of nitrogens with zero attached hydrogens (tertiary/aromatic N) is 2. The number of hydrogen-bond donors (Lipinski definition) is 0. The SMILES string of the molecule is CCCCC(CC)COCC1(COCC(CC)CCCC)COc2csc(-c3sc(-c4ccc(-c5sc(-c6scc7c6OCC(COCC(CC)CCCC)(COCC(CC)CCCC)CO7)c6c5OCC(COCC(CC)CCCC)(COCC(CC)CCCC)CO6)c5nsnc45)c4c3OCC(COCC(CC)CCCC)(COCC(CC)CCCC)CO4)c2OC1. The van der Waals surface area contributed by atoms with Crippen LogP contribution >= 0.6 is 57.1 Å².